The Morgan fingerprint density at radius 3 is 2.35 bits per heavy atom. The van der Waals surface area contributed by atoms with Crippen molar-refractivity contribution in [3.63, 3.8) is 0 Å². The van der Waals surface area contributed by atoms with Gasteiger partial charge in [0.15, 0.2) is 0 Å². The number of hydrogen-bond donors (Lipinski definition) is 2. The second-order valence-corrected chi connectivity index (χ2v) is 7.77. The lowest BCUT2D eigenvalue weighted by Crippen LogP contribution is -2.17. The summed E-state index contributed by atoms with van der Waals surface area (Å²) in [4.78, 5) is 4.78. The van der Waals surface area contributed by atoms with Gasteiger partial charge in [-0.3, -0.25) is 0 Å². The average molecular weight is 436 g/mol. The normalized spacial score (nSPS) is 11.1. The van der Waals surface area contributed by atoms with Gasteiger partial charge in [0.05, 0.1) is 30.9 Å². The molecule has 0 spiro atoms. The first-order valence-corrected chi connectivity index (χ1v) is 10.7. The number of nitrogens with zero attached hydrogens (tertiary/aromatic N) is 1. The third-order valence-corrected chi connectivity index (χ3v) is 5.50. The lowest BCUT2D eigenvalue weighted by molar-refractivity contribution is 0.414. The van der Waals surface area contributed by atoms with E-state index in [1.165, 1.54) is 5.56 Å². The Bertz CT molecular complexity index is 1180. The van der Waals surface area contributed by atoms with Crippen molar-refractivity contribution in [3.8, 4) is 11.5 Å². The van der Waals surface area contributed by atoms with Gasteiger partial charge in [-0.05, 0) is 67.1 Å². The van der Waals surface area contributed by atoms with Gasteiger partial charge in [0.25, 0.3) is 0 Å². The van der Waals surface area contributed by atoms with E-state index in [1.807, 2.05) is 48.5 Å². The van der Waals surface area contributed by atoms with Crippen LogP contribution in [0.15, 0.2) is 60.7 Å². The van der Waals surface area contributed by atoms with E-state index >= 15 is 0 Å². The maximum atomic E-state index is 6.20. The Kier molecular flexibility index (Phi) is 6.75. The highest BCUT2D eigenvalue weighted by atomic mass is 35.5. The van der Waals surface area contributed by atoms with Crippen LogP contribution in [0.25, 0.3) is 21.8 Å². The quantitative estimate of drug-likeness (QED) is 0.263. The summed E-state index contributed by atoms with van der Waals surface area (Å²) in [7, 11) is 3.36. The molecule has 0 bridgehead atoms. The van der Waals surface area contributed by atoms with Gasteiger partial charge in [-0.25, -0.2) is 4.98 Å². The highest BCUT2D eigenvalue weighted by Gasteiger charge is 2.10. The first-order chi connectivity index (χ1) is 15.2. The van der Waals surface area contributed by atoms with Crippen LogP contribution < -0.4 is 20.1 Å². The summed E-state index contributed by atoms with van der Waals surface area (Å²) in [5.41, 5.74) is 4.09. The number of methoxy groups -OCH3 is 2. The molecule has 2 N–H and O–H groups in total. The molecule has 4 rings (SSSR count). The van der Waals surface area contributed by atoms with E-state index in [1.54, 1.807) is 14.2 Å². The lowest BCUT2D eigenvalue weighted by Gasteiger charge is -2.14. The van der Waals surface area contributed by atoms with Crippen LogP contribution in [0, 0.1) is 0 Å². The molecule has 5 nitrogen and oxygen atoms in total. The molecule has 0 aliphatic carbocycles. The van der Waals surface area contributed by atoms with Crippen molar-refractivity contribution in [3.05, 3.63) is 71.2 Å². The molecule has 3 aromatic carbocycles. The van der Waals surface area contributed by atoms with Gasteiger partial charge >= 0.3 is 0 Å². The van der Waals surface area contributed by atoms with E-state index < -0.39 is 0 Å². The second-order valence-electron chi connectivity index (χ2n) is 7.34. The average Bonchev–Trinajstić information content (AvgIpc) is 2.80. The van der Waals surface area contributed by atoms with Crippen molar-refractivity contribution in [1.29, 1.82) is 0 Å². The third kappa shape index (κ3) is 5.01. The standard InChI is InChI=1S/C25H26ClN3O2/c1-30-19-7-4-17(5-8-19)16-27-12-3-13-28-25-21-10-6-18(26)14-24(21)29-23-11-9-20(31-2)15-22(23)25/h4-11,14-15,27H,3,12-13,16H2,1-2H3,(H,28,29). The molecule has 1 aromatic heterocycles. The van der Waals surface area contributed by atoms with Crippen LogP contribution in [-0.2, 0) is 6.54 Å². The zero-order valence-corrected chi connectivity index (χ0v) is 18.5. The monoisotopic (exact) mass is 435 g/mol. The molecule has 1 heterocycles. The maximum absolute atomic E-state index is 6.20. The van der Waals surface area contributed by atoms with Gasteiger partial charge in [-0.2, -0.15) is 0 Å². The summed E-state index contributed by atoms with van der Waals surface area (Å²) >= 11 is 6.20. The Morgan fingerprint density at radius 2 is 1.58 bits per heavy atom. The molecule has 0 fully saturated rings. The number of aromatic nitrogens is 1. The molecule has 0 atom stereocenters. The fourth-order valence-corrected chi connectivity index (χ4v) is 3.78. The number of ether oxygens (including phenoxy) is 2. The molecule has 31 heavy (non-hydrogen) atoms. The summed E-state index contributed by atoms with van der Waals surface area (Å²) in [5.74, 6) is 1.69. The Labute approximate surface area is 187 Å². The van der Waals surface area contributed by atoms with Crippen molar-refractivity contribution in [1.82, 2.24) is 10.3 Å². The minimum Gasteiger partial charge on any atom is -0.497 e. The summed E-state index contributed by atoms with van der Waals surface area (Å²) < 4.78 is 10.6. The first-order valence-electron chi connectivity index (χ1n) is 10.3. The molecule has 0 aliphatic heterocycles. The van der Waals surface area contributed by atoms with E-state index in [2.05, 4.69) is 22.8 Å². The smallest absolute Gasteiger partial charge is 0.119 e. The number of pyridine rings is 1. The number of nitrogens with one attached hydrogen (secondary N) is 2. The molecule has 0 radical (unpaired) electrons. The number of halogens is 1. The summed E-state index contributed by atoms with van der Waals surface area (Å²) in [6, 6.07) is 19.9. The SMILES string of the molecule is COc1ccc(CNCCCNc2c3ccc(Cl)cc3nc3ccc(OC)cc23)cc1. The number of fused-ring (bicyclic) bond motifs is 2. The van der Waals surface area contributed by atoms with Crippen LogP contribution in [0.1, 0.15) is 12.0 Å². The predicted octanol–water partition coefficient (Wildman–Crippen LogP) is 5.65. The van der Waals surface area contributed by atoms with Gasteiger partial charge < -0.3 is 20.1 Å². The fraction of sp³-hybridized carbons (Fsp3) is 0.240. The van der Waals surface area contributed by atoms with Crippen molar-refractivity contribution in [2.24, 2.45) is 0 Å². The minimum absolute atomic E-state index is 0.682. The molecule has 6 heteroatoms. The Morgan fingerprint density at radius 1 is 0.806 bits per heavy atom. The number of benzene rings is 3. The molecule has 0 amide bonds. The van der Waals surface area contributed by atoms with E-state index in [4.69, 9.17) is 26.1 Å². The zero-order valence-electron chi connectivity index (χ0n) is 17.7. The van der Waals surface area contributed by atoms with Crippen LogP contribution >= 0.6 is 11.6 Å². The largest absolute Gasteiger partial charge is 0.497 e. The highest BCUT2D eigenvalue weighted by Crippen LogP contribution is 2.34. The van der Waals surface area contributed by atoms with Crippen LogP contribution in [0.2, 0.25) is 5.02 Å². The zero-order chi connectivity index (χ0) is 21.6. The summed E-state index contributed by atoms with van der Waals surface area (Å²) in [6.07, 6.45) is 0.985. The second kappa shape index (κ2) is 9.86. The van der Waals surface area contributed by atoms with Crippen LogP contribution in [0.5, 0.6) is 11.5 Å². The van der Waals surface area contributed by atoms with Crippen molar-refractivity contribution >= 4 is 39.1 Å². The summed E-state index contributed by atoms with van der Waals surface area (Å²) in [5, 5.41) is 9.89. The van der Waals surface area contributed by atoms with Gasteiger partial charge in [0.1, 0.15) is 11.5 Å². The Hall–Kier alpha value is -3.02. The van der Waals surface area contributed by atoms with E-state index in [0.717, 1.165) is 65.0 Å². The number of rotatable bonds is 9. The highest BCUT2D eigenvalue weighted by molar-refractivity contribution is 6.31. The Balaban J connectivity index is 1.43. The van der Waals surface area contributed by atoms with Gasteiger partial charge in [0.2, 0.25) is 0 Å². The maximum Gasteiger partial charge on any atom is 0.119 e. The van der Waals surface area contributed by atoms with E-state index in [0.29, 0.717) is 5.02 Å². The van der Waals surface area contributed by atoms with E-state index in [-0.39, 0.29) is 0 Å². The van der Waals surface area contributed by atoms with Crippen molar-refractivity contribution < 1.29 is 9.47 Å². The van der Waals surface area contributed by atoms with E-state index in [9.17, 15) is 0 Å². The predicted molar refractivity (Wildman–Crippen MR) is 129 cm³/mol. The molecular weight excluding hydrogens is 410 g/mol. The van der Waals surface area contributed by atoms with Gasteiger partial charge in [-0.1, -0.05) is 23.7 Å². The molecule has 0 saturated carbocycles. The van der Waals surface area contributed by atoms with Gasteiger partial charge in [0, 0.05) is 28.9 Å². The lowest BCUT2D eigenvalue weighted by atomic mass is 10.1. The molecule has 160 valence electrons. The topological polar surface area (TPSA) is 55.4 Å². The molecule has 0 saturated heterocycles. The first kappa shape index (κ1) is 21.2. The molecular formula is C25H26ClN3O2. The number of anilines is 1. The minimum atomic E-state index is 0.682. The van der Waals surface area contributed by atoms with Crippen LogP contribution in [-0.4, -0.2) is 32.3 Å². The fourth-order valence-electron chi connectivity index (χ4n) is 3.62. The van der Waals surface area contributed by atoms with Crippen LogP contribution in [0.3, 0.4) is 0 Å². The number of hydrogen-bond acceptors (Lipinski definition) is 5. The summed E-state index contributed by atoms with van der Waals surface area (Å²) in [6.45, 7) is 2.58. The van der Waals surface area contributed by atoms with Gasteiger partial charge in [-0.15, -0.1) is 0 Å². The van der Waals surface area contributed by atoms with Crippen LogP contribution in [0.4, 0.5) is 5.69 Å². The molecule has 0 unspecified atom stereocenters. The molecule has 0 aliphatic rings. The third-order valence-electron chi connectivity index (χ3n) is 5.26. The van der Waals surface area contributed by atoms with Crippen molar-refractivity contribution in [2.75, 3.05) is 32.6 Å². The molecule has 4 aromatic rings. The van der Waals surface area contributed by atoms with Crippen molar-refractivity contribution in [2.45, 2.75) is 13.0 Å².